The minimum absolute atomic E-state index is 0.211. The number of nitrogens with two attached hydrogens (primary N) is 1. The number of nitriles is 1. The third-order valence-electron chi connectivity index (χ3n) is 3.34. The minimum Gasteiger partial charge on any atom is -0.373 e. The molecule has 0 amide bonds. The third kappa shape index (κ3) is 3.75. The molecule has 0 aliphatic heterocycles. The molecule has 0 saturated carbocycles. The van der Waals surface area contributed by atoms with Gasteiger partial charge in [-0.15, -0.1) is 0 Å². The average molecular weight is 245 g/mol. The first-order valence-corrected chi connectivity index (χ1v) is 6.43. The van der Waals surface area contributed by atoms with E-state index in [1.54, 1.807) is 0 Å². The van der Waals surface area contributed by atoms with E-state index in [9.17, 15) is 0 Å². The van der Waals surface area contributed by atoms with E-state index in [2.05, 4.69) is 30.9 Å². The molecule has 3 nitrogen and oxygen atoms in total. The molecule has 0 saturated heterocycles. The van der Waals surface area contributed by atoms with Crippen LogP contribution in [0.15, 0.2) is 18.2 Å². The molecule has 18 heavy (non-hydrogen) atoms. The monoisotopic (exact) mass is 245 g/mol. The van der Waals surface area contributed by atoms with E-state index in [1.165, 1.54) is 5.56 Å². The lowest BCUT2D eigenvalue weighted by atomic mass is 10.0. The lowest BCUT2D eigenvalue weighted by Gasteiger charge is -2.24. The zero-order valence-electron chi connectivity index (χ0n) is 11.8. The Morgan fingerprint density at radius 3 is 2.61 bits per heavy atom. The highest BCUT2D eigenvalue weighted by Gasteiger charge is 2.11. The summed E-state index contributed by atoms with van der Waals surface area (Å²) in [5, 5.41) is 9.12. The first-order valence-electron chi connectivity index (χ1n) is 6.43. The molecule has 1 atom stereocenters. The van der Waals surface area contributed by atoms with Crippen molar-refractivity contribution in [1.29, 1.82) is 5.26 Å². The van der Waals surface area contributed by atoms with Gasteiger partial charge in [0.1, 0.15) is 6.07 Å². The van der Waals surface area contributed by atoms with E-state index >= 15 is 0 Å². The van der Waals surface area contributed by atoms with Gasteiger partial charge in [0.15, 0.2) is 0 Å². The van der Waals surface area contributed by atoms with Crippen LogP contribution in [-0.2, 0) is 0 Å². The number of nitrogens with zero attached hydrogens (tertiary/aromatic N) is 2. The molecule has 0 fully saturated rings. The van der Waals surface area contributed by atoms with Gasteiger partial charge in [0, 0.05) is 19.6 Å². The summed E-state index contributed by atoms with van der Waals surface area (Å²) >= 11 is 0. The molecular formula is C15H23N3. The van der Waals surface area contributed by atoms with E-state index in [1.807, 2.05) is 26.1 Å². The lowest BCUT2D eigenvalue weighted by molar-refractivity contribution is 0.466. The summed E-state index contributed by atoms with van der Waals surface area (Å²) in [6.45, 7) is 7.19. The van der Waals surface area contributed by atoms with E-state index < -0.39 is 0 Å². The van der Waals surface area contributed by atoms with Gasteiger partial charge in [-0.1, -0.05) is 19.9 Å². The second kappa shape index (κ2) is 6.42. The normalized spacial score (nSPS) is 12.3. The Kier molecular flexibility index (Phi) is 5.18. The summed E-state index contributed by atoms with van der Waals surface area (Å²) in [5.74, 6) is 0.492. The Hall–Kier alpha value is -1.53. The molecule has 0 radical (unpaired) electrons. The third-order valence-corrected chi connectivity index (χ3v) is 3.34. The van der Waals surface area contributed by atoms with Gasteiger partial charge in [0.25, 0.3) is 0 Å². The van der Waals surface area contributed by atoms with Crippen LogP contribution in [0.2, 0.25) is 0 Å². The number of rotatable bonds is 5. The molecule has 98 valence electrons. The van der Waals surface area contributed by atoms with Gasteiger partial charge in [-0.2, -0.15) is 5.26 Å². The van der Waals surface area contributed by atoms with Crippen LogP contribution in [0, 0.1) is 24.2 Å². The second-order valence-electron chi connectivity index (χ2n) is 5.25. The van der Waals surface area contributed by atoms with Crippen molar-refractivity contribution in [2.75, 3.05) is 18.5 Å². The summed E-state index contributed by atoms with van der Waals surface area (Å²) in [6.07, 6.45) is 0.937. The summed E-state index contributed by atoms with van der Waals surface area (Å²) < 4.78 is 0. The van der Waals surface area contributed by atoms with E-state index in [-0.39, 0.29) is 6.04 Å². The van der Waals surface area contributed by atoms with E-state index in [0.717, 1.165) is 24.2 Å². The molecule has 0 heterocycles. The highest BCUT2D eigenvalue weighted by molar-refractivity contribution is 5.60. The van der Waals surface area contributed by atoms with Gasteiger partial charge < -0.3 is 10.6 Å². The predicted octanol–water partition coefficient (Wildman–Crippen LogP) is 2.68. The van der Waals surface area contributed by atoms with Crippen LogP contribution in [0.25, 0.3) is 0 Å². The molecular weight excluding hydrogens is 222 g/mol. The highest BCUT2D eigenvalue weighted by atomic mass is 15.1. The van der Waals surface area contributed by atoms with Crippen molar-refractivity contribution in [3.05, 3.63) is 29.3 Å². The van der Waals surface area contributed by atoms with Crippen molar-refractivity contribution in [2.45, 2.75) is 33.2 Å². The van der Waals surface area contributed by atoms with Crippen molar-refractivity contribution in [3.63, 3.8) is 0 Å². The fourth-order valence-electron chi connectivity index (χ4n) is 1.85. The smallest absolute Gasteiger partial charge is 0.101 e. The van der Waals surface area contributed by atoms with Crippen LogP contribution in [-0.4, -0.2) is 19.6 Å². The zero-order chi connectivity index (χ0) is 13.7. The van der Waals surface area contributed by atoms with Gasteiger partial charge in [0.2, 0.25) is 0 Å². The SMILES string of the molecule is Cc1ccc(C#N)c(N(C)CCC(N)C(C)C)c1. The van der Waals surface area contributed by atoms with E-state index in [4.69, 9.17) is 11.0 Å². The van der Waals surface area contributed by atoms with Crippen LogP contribution in [0.1, 0.15) is 31.4 Å². The van der Waals surface area contributed by atoms with Crippen LogP contribution in [0.4, 0.5) is 5.69 Å². The molecule has 0 aromatic heterocycles. The summed E-state index contributed by atoms with van der Waals surface area (Å²) in [4.78, 5) is 2.12. The molecule has 0 spiro atoms. The number of hydrogen-bond donors (Lipinski definition) is 1. The molecule has 1 aromatic carbocycles. The van der Waals surface area contributed by atoms with Crippen molar-refractivity contribution in [3.8, 4) is 6.07 Å². The fourth-order valence-corrected chi connectivity index (χ4v) is 1.85. The molecule has 0 aliphatic rings. The Bertz CT molecular complexity index is 432. The van der Waals surface area contributed by atoms with Crippen molar-refractivity contribution in [1.82, 2.24) is 0 Å². The Balaban J connectivity index is 2.75. The quantitative estimate of drug-likeness (QED) is 0.867. The zero-order valence-corrected chi connectivity index (χ0v) is 11.8. The summed E-state index contributed by atoms with van der Waals surface area (Å²) in [5.41, 5.74) is 8.94. The van der Waals surface area contributed by atoms with Crippen LogP contribution < -0.4 is 10.6 Å². The summed E-state index contributed by atoms with van der Waals surface area (Å²) in [6, 6.07) is 8.35. The van der Waals surface area contributed by atoms with Gasteiger partial charge in [0.05, 0.1) is 11.3 Å². The first-order chi connectivity index (χ1) is 8.45. The van der Waals surface area contributed by atoms with Crippen molar-refractivity contribution in [2.24, 2.45) is 11.7 Å². The number of benzene rings is 1. The first kappa shape index (κ1) is 14.5. The number of anilines is 1. The average Bonchev–Trinajstić information content (AvgIpc) is 2.35. The number of hydrogen-bond acceptors (Lipinski definition) is 3. The highest BCUT2D eigenvalue weighted by Crippen LogP contribution is 2.21. The largest absolute Gasteiger partial charge is 0.373 e. The molecule has 1 aromatic rings. The number of aryl methyl sites for hydroxylation is 1. The standard InChI is InChI=1S/C15H23N3/c1-11(2)14(17)7-8-18(4)15-9-12(3)5-6-13(15)10-16/h5-6,9,11,14H,7-8,17H2,1-4H3. The summed E-state index contributed by atoms with van der Waals surface area (Å²) in [7, 11) is 2.02. The van der Waals surface area contributed by atoms with Crippen LogP contribution in [0.5, 0.6) is 0 Å². The molecule has 0 aliphatic carbocycles. The Labute approximate surface area is 110 Å². The van der Waals surface area contributed by atoms with E-state index in [0.29, 0.717) is 5.92 Å². The van der Waals surface area contributed by atoms with Gasteiger partial charge in [-0.25, -0.2) is 0 Å². The van der Waals surface area contributed by atoms with Gasteiger partial charge in [-0.3, -0.25) is 0 Å². The Morgan fingerprint density at radius 1 is 1.39 bits per heavy atom. The minimum atomic E-state index is 0.211. The fraction of sp³-hybridized carbons (Fsp3) is 0.533. The van der Waals surface area contributed by atoms with Crippen molar-refractivity contribution >= 4 is 5.69 Å². The topological polar surface area (TPSA) is 53.0 Å². The molecule has 2 N–H and O–H groups in total. The lowest BCUT2D eigenvalue weighted by Crippen LogP contribution is -2.32. The maximum absolute atomic E-state index is 9.12. The Morgan fingerprint density at radius 2 is 2.06 bits per heavy atom. The molecule has 0 bridgehead atoms. The second-order valence-corrected chi connectivity index (χ2v) is 5.25. The van der Waals surface area contributed by atoms with Crippen LogP contribution >= 0.6 is 0 Å². The van der Waals surface area contributed by atoms with Crippen LogP contribution in [0.3, 0.4) is 0 Å². The molecule has 3 heteroatoms. The van der Waals surface area contributed by atoms with Gasteiger partial charge >= 0.3 is 0 Å². The molecule has 1 unspecified atom stereocenters. The predicted molar refractivity (Wildman–Crippen MR) is 76.6 cm³/mol. The maximum atomic E-state index is 9.12. The van der Waals surface area contributed by atoms with Gasteiger partial charge in [-0.05, 0) is 37.0 Å². The van der Waals surface area contributed by atoms with Crippen molar-refractivity contribution < 1.29 is 0 Å². The molecule has 1 rings (SSSR count). The maximum Gasteiger partial charge on any atom is 0.101 e.